The van der Waals surface area contributed by atoms with E-state index in [9.17, 15) is 4.79 Å². The SMILES string of the molecule is O=C(O)c1cc(Br)ccc1NCCCC1CC1. The molecule has 0 saturated heterocycles. The van der Waals surface area contributed by atoms with Crippen molar-refractivity contribution in [3.63, 3.8) is 0 Å². The van der Waals surface area contributed by atoms with Crippen molar-refractivity contribution in [2.45, 2.75) is 25.7 Å². The molecule has 0 bridgehead atoms. The first-order valence-electron chi connectivity index (χ1n) is 5.93. The molecule has 0 heterocycles. The number of anilines is 1. The average Bonchev–Trinajstić information content (AvgIpc) is 3.09. The lowest BCUT2D eigenvalue weighted by Crippen LogP contribution is -2.07. The van der Waals surface area contributed by atoms with Crippen LogP contribution in [0.5, 0.6) is 0 Å². The summed E-state index contributed by atoms with van der Waals surface area (Å²) in [6.07, 6.45) is 5.11. The second-order valence-electron chi connectivity index (χ2n) is 4.51. The van der Waals surface area contributed by atoms with Gasteiger partial charge in [0.1, 0.15) is 0 Å². The van der Waals surface area contributed by atoms with Crippen molar-refractivity contribution in [1.82, 2.24) is 0 Å². The Kier molecular flexibility index (Phi) is 4.05. The van der Waals surface area contributed by atoms with Crippen molar-refractivity contribution >= 4 is 27.6 Å². The van der Waals surface area contributed by atoms with E-state index in [0.717, 1.165) is 23.4 Å². The number of hydrogen-bond acceptors (Lipinski definition) is 2. The van der Waals surface area contributed by atoms with Gasteiger partial charge in [0.05, 0.1) is 5.56 Å². The van der Waals surface area contributed by atoms with Crippen LogP contribution >= 0.6 is 15.9 Å². The van der Waals surface area contributed by atoms with Crippen molar-refractivity contribution in [3.8, 4) is 0 Å². The van der Waals surface area contributed by atoms with Gasteiger partial charge in [0, 0.05) is 16.7 Å². The lowest BCUT2D eigenvalue weighted by molar-refractivity contribution is 0.0698. The Morgan fingerprint density at radius 2 is 2.24 bits per heavy atom. The van der Waals surface area contributed by atoms with Crippen LogP contribution < -0.4 is 5.32 Å². The predicted octanol–water partition coefficient (Wildman–Crippen LogP) is 3.75. The van der Waals surface area contributed by atoms with Gasteiger partial charge in [-0.3, -0.25) is 0 Å². The highest BCUT2D eigenvalue weighted by Gasteiger charge is 2.20. The second kappa shape index (κ2) is 5.54. The van der Waals surface area contributed by atoms with Gasteiger partial charge in [-0.05, 0) is 37.0 Å². The van der Waals surface area contributed by atoms with E-state index < -0.39 is 5.97 Å². The van der Waals surface area contributed by atoms with Gasteiger partial charge in [-0.15, -0.1) is 0 Å². The predicted molar refractivity (Wildman–Crippen MR) is 71.5 cm³/mol. The van der Waals surface area contributed by atoms with Gasteiger partial charge in [0.25, 0.3) is 0 Å². The summed E-state index contributed by atoms with van der Waals surface area (Å²) in [5.74, 6) is 0.0386. The van der Waals surface area contributed by atoms with Crippen molar-refractivity contribution < 1.29 is 9.90 Å². The molecule has 92 valence electrons. The summed E-state index contributed by atoms with van der Waals surface area (Å²) in [6, 6.07) is 5.30. The Hall–Kier alpha value is -1.03. The van der Waals surface area contributed by atoms with Crippen LogP contribution in [0.1, 0.15) is 36.0 Å². The molecule has 4 heteroatoms. The van der Waals surface area contributed by atoms with Crippen LogP contribution in [-0.2, 0) is 0 Å². The number of carbonyl (C=O) groups is 1. The molecule has 0 radical (unpaired) electrons. The Morgan fingerprint density at radius 3 is 2.88 bits per heavy atom. The lowest BCUT2D eigenvalue weighted by atomic mass is 10.1. The third-order valence-corrected chi connectivity index (χ3v) is 3.51. The molecule has 2 N–H and O–H groups in total. The minimum absolute atomic E-state index is 0.325. The summed E-state index contributed by atoms with van der Waals surface area (Å²) in [5.41, 5.74) is 1.03. The smallest absolute Gasteiger partial charge is 0.337 e. The molecule has 1 aromatic rings. The molecule has 0 unspecified atom stereocenters. The van der Waals surface area contributed by atoms with Crippen molar-refractivity contribution in [1.29, 1.82) is 0 Å². The Morgan fingerprint density at radius 1 is 1.47 bits per heavy atom. The molecular weight excluding hydrogens is 282 g/mol. The van der Waals surface area contributed by atoms with Crippen LogP contribution in [-0.4, -0.2) is 17.6 Å². The van der Waals surface area contributed by atoms with E-state index in [1.807, 2.05) is 12.1 Å². The molecule has 3 nitrogen and oxygen atoms in total. The van der Waals surface area contributed by atoms with Crippen molar-refractivity contribution in [2.24, 2.45) is 5.92 Å². The van der Waals surface area contributed by atoms with E-state index in [1.54, 1.807) is 6.07 Å². The maximum absolute atomic E-state index is 11.1. The van der Waals surface area contributed by atoms with Crippen LogP contribution in [0.2, 0.25) is 0 Å². The standard InChI is InChI=1S/C13H16BrNO2/c14-10-5-6-12(11(8-10)13(16)17)15-7-1-2-9-3-4-9/h5-6,8-9,15H,1-4,7H2,(H,16,17). The zero-order valence-corrected chi connectivity index (χ0v) is 11.2. The third-order valence-electron chi connectivity index (χ3n) is 3.01. The summed E-state index contributed by atoms with van der Waals surface area (Å²) in [6.45, 7) is 0.846. The molecule has 2 rings (SSSR count). The van der Waals surface area contributed by atoms with Gasteiger partial charge in [0.2, 0.25) is 0 Å². The Bertz CT molecular complexity index is 416. The molecule has 0 atom stereocenters. The van der Waals surface area contributed by atoms with Crippen LogP contribution in [0.3, 0.4) is 0 Å². The fourth-order valence-electron chi connectivity index (χ4n) is 1.87. The summed E-state index contributed by atoms with van der Waals surface area (Å²) in [7, 11) is 0. The van der Waals surface area contributed by atoms with Crippen LogP contribution in [0, 0.1) is 5.92 Å². The van der Waals surface area contributed by atoms with Crippen LogP contribution in [0.15, 0.2) is 22.7 Å². The topological polar surface area (TPSA) is 49.3 Å². The van der Waals surface area contributed by atoms with Gasteiger partial charge in [0.15, 0.2) is 0 Å². The molecule has 1 fully saturated rings. The van der Waals surface area contributed by atoms with Crippen LogP contribution in [0.25, 0.3) is 0 Å². The Balaban J connectivity index is 1.91. The highest BCUT2D eigenvalue weighted by molar-refractivity contribution is 9.10. The number of benzene rings is 1. The van der Waals surface area contributed by atoms with Gasteiger partial charge in [-0.25, -0.2) is 4.79 Å². The first-order valence-corrected chi connectivity index (χ1v) is 6.73. The first-order chi connectivity index (χ1) is 8.16. The summed E-state index contributed by atoms with van der Waals surface area (Å²) < 4.78 is 0.790. The molecular formula is C13H16BrNO2. The molecule has 17 heavy (non-hydrogen) atoms. The zero-order chi connectivity index (χ0) is 12.3. The highest BCUT2D eigenvalue weighted by atomic mass is 79.9. The summed E-state index contributed by atoms with van der Waals surface area (Å²) in [4.78, 5) is 11.1. The average molecular weight is 298 g/mol. The largest absolute Gasteiger partial charge is 0.478 e. The molecule has 0 aliphatic heterocycles. The highest BCUT2D eigenvalue weighted by Crippen LogP contribution is 2.33. The van der Waals surface area contributed by atoms with E-state index in [1.165, 1.54) is 19.3 Å². The fourth-order valence-corrected chi connectivity index (χ4v) is 2.23. The number of carboxylic acids is 1. The normalized spacial score (nSPS) is 14.6. The molecule has 1 saturated carbocycles. The van der Waals surface area contributed by atoms with E-state index in [4.69, 9.17) is 5.11 Å². The molecule has 0 aromatic heterocycles. The van der Waals surface area contributed by atoms with Gasteiger partial charge >= 0.3 is 5.97 Å². The number of carboxylic acid groups (broad SMARTS) is 1. The lowest BCUT2D eigenvalue weighted by Gasteiger charge is -2.09. The zero-order valence-electron chi connectivity index (χ0n) is 9.58. The monoisotopic (exact) mass is 297 g/mol. The summed E-state index contributed by atoms with van der Waals surface area (Å²) >= 11 is 3.28. The molecule has 1 aliphatic carbocycles. The second-order valence-corrected chi connectivity index (χ2v) is 5.42. The van der Waals surface area contributed by atoms with E-state index in [-0.39, 0.29) is 0 Å². The van der Waals surface area contributed by atoms with Gasteiger partial charge < -0.3 is 10.4 Å². The van der Waals surface area contributed by atoms with E-state index in [2.05, 4.69) is 21.2 Å². The Labute approximate surface area is 109 Å². The number of rotatable bonds is 6. The number of aromatic carboxylic acids is 1. The molecule has 1 aromatic carbocycles. The van der Waals surface area contributed by atoms with Crippen LogP contribution in [0.4, 0.5) is 5.69 Å². The van der Waals surface area contributed by atoms with E-state index >= 15 is 0 Å². The van der Waals surface area contributed by atoms with Crippen molar-refractivity contribution in [3.05, 3.63) is 28.2 Å². The number of hydrogen-bond donors (Lipinski definition) is 2. The molecule has 0 amide bonds. The van der Waals surface area contributed by atoms with Gasteiger partial charge in [-0.1, -0.05) is 28.8 Å². The summed E-state index contributed by atoms with van der Waals surface area (Å²) in [5, 5.41) is 12.3. The maximum atomic E-state index is 11.1. The molecule has 1 aliphatic rings. The maximum Gasteiger partial charge on any atom is 0.337 e. The van der Waals surface area contributed by atoms with E-state index in [0.29, 0.717) is 11.3 Å². The quantitative estimate of drug-likeness (QED) is 0.786. The minimum atomic E-state index is -0.893. The van der Waals surface area contributed by atoms with Crippen molar-refractivity contribution in [2.75, 3.05) is 11.9 Å². The number of nitrogens with one attached hydrogen (secondary N) is 1. The third kappa shape index (κ3) is 3.73. The fraction of sp³-hybridized carbons (Fsp3) is 0.462. The molecule has 0 spiro atoms. The first kappa shape index (κ1) is 12.4. The number of halogens is 1. The minimum Gasteiger partial charge on any atom is -0.478 e. The van der Waals surface area contributed by atoms with Gasteiger partial charge in [-0.2, -0.15) is 0 Å².